The van der Waals surface area contributed by atoms with Crippen molar-refractivity contribution < 1.29 is 14.1 Å². The SMILES string of the molecule is [CH2+]C(C)(C)OC(=O)N1CCCC1c1cc(CBr)on1. The van der Waals surface area contributed by atoms with Crippen molar-refractivity contribution >= 4 is 22.0 Å². The van der Waals surface area contributed by atoms with E-state index >= 15 is 0 Å². The maximum Gasteiger partial charge on any atom is 0.414 e. The van der Waals surface area contributed by atoms with Crippen LogP contribution in [0.5, 0.6) is 0 Å². The van der Waals surface area contributed by atoms with Crippen LogP contribution in [0.25, 0.3) is 0 Å². The van der Waals surface area contributed by atoms with Crippen LogP contribution in [0.4, 0.5) is 4.79 Å². The number of amides is 1. The Hall–Kier alpha value is -1.17. The van der Waals surface area contributed by atoms with Crippen molar-refractivity contribution in [3.8, 4) is 0 Å². The first-order chi connectivity index (χ1) is 8.90. The molecular formula is C13H18BrN2O3+. The summed E-state index contributed by atoms with van der Waals surface area (Å²) in [5.41, 5.74) is 0.0560. The van der Waals surface area contributed by atoms with Gasteiger partial charge in [0.25, 0.3) is 0 Å². The number of ether oxygens (including phenoxy) is 1. The third-order valence-electron chi connectivity index (χ3n) is 2.90. The molecule has 0 N–H and O–H groups in total. The highest BCUT2D eigenvalue weighted by Crippen LogP contribution is 2.33. The van der Waals surface area contributed by atoms with E-state index in [2.05, 4.69) is 28.0 Å². The van der Waals surface area contributed by atoms with Gasteiger partial charge in [0.1, 0.15) is 18.4 Å². The number of rotatable bonds is 3. The summed E-state index contributed by atoms with van der Waals surface area (Å²) < 4.78 is 10.5. The van der Waals surface area contributed by atoms with Gasteiger partial charge in [-0.05, 0) is 12.8 Å². The number of likely N-dealkylation sites (tertiary alicyclic amines) is 1. The van der Waals surface area contributed by atoms with Gasteiger partial charge in [-0.3, -0.25) is 4.90 Å². The van der Waals surface area contributed by atoms with Crippen LogP contribution in [0.1, 0.15) is 44.2 Å². The monoisotopic (exact) mass is 329 g/mol. The Morgan fingerprint density at radius 2 is 2.47 bits per heavy atom. The Bertz CT molecular complexity index is 453. The zero-order valence-corrected chi connectivity index (χ0v) is 12.8. The molecule has 1 unspecified atom stereocenters. The molecule has 0 radical (unpaired) electrons. The van der Waals surface area contributed by atoms with E-state index in [0.717, 1.165) is 24.3 Å². The number of hydrogen-bond acceptors (Lipinski definition) is 4. The molecule has 19 heavy (non-hydrogen) atoms. The number of carbonyl (C=O) groups excluding carboxylic acids is 1. The maximum absolute atomic E-state index is 12.1. The van der Waals surface area contributed by atoms with E-state index in [9.17, 15) is 4.79 Å². The first-order valence-electron chi connectivity index (χ1n) is 6.27. The fraction of sp³-hybridized carbons (Fsp3) is 0.615. The summed E-state index contributed by atoms with van der Waals surface area (Å²) in [7, 11) is 0. The minimum atomic E-state index is -0.727. The van der Waals surface area contributed by atoms with Crippen molar-refractivity contribution in [3.63, 3.8) is 0 Å². The summed E-state index contributed by atoms with van der Waals surface area (Å²) in [5, 5.41) is 4.64. The minimum Gasteiger partial charge on any atom is -0.403 e. The summed E-state index contributed by atoms with van der Waals surface area (Å²) >= 11 is 3.32. The zero-order valence-electron chi connectivity index (χ0n) is 11.2. The van der Waals surface area contributed by atoms with Crippen LogP contribution in [0, 0.1) is 6.92 Å². The zero-order chi connectivity index (χ0) is 14.0. The van der Waals surface area contributed by atoms with Crippen molar-refractivity contribution in [2.45, 2.75) is 43.7 Å². The van der Waals surface area contributed by atoms with Gasteiger partial charge in [0.15, 0.2) is 0 Å². The molecule has 1 amide bonds. The molecular weight excluding hydrogens is 312 g/mol. The van der Waals surface area contributed by atoms with E-state index in [0.29, 0.717) is 11.9 Å². The largest absolute Gasteiger partial charge is 0.414 e. The second-order valence-corrected chi connectivity index (χ2v) is 5.89. The molecule has 1 aromatic heterocycles. The number of hydrogen-bond donors (Lipinski definition) is 0. The molecule has 0 saturated carbocycles. The number of aromatic nitrogens is 1. The lowest BCUT2D eigenvalue weighted by Crippen LogP contribution is -2.36. The number of nitrogens with zero attached hydrogens (tertiary/aromatic N) is 2. The van der Waals surface area contributed by atoms with E-state index in [1.807, 2.05) is 6.07 Å². The number of halogens is 1. The van der Waals surface area contributed by atoms with E-state index in [1.54, 1.807) is 18.7 Å². The molecule has 0 aliphatic carbocycles. The maximum atomic E-state index is 12.1. The average molecular weight is 330 g/mol. The summed E-state index contributed by atoms with van der Waals surface area (Å²) in [4.78, 5) is 13.8. The Morgan fingerprint density at radius 1 is 1.74 bits per heavy atom. The molecule has 1 aliphatic heterocycles. The van der Waals surface area contributed by atoms with Crippen molar-refractivity contribution in [2.24, 2.45) is 0 Å². The molecule has 0 aromatic carbocycles. The Kier molecular flexibility index (Phi) is 4.08. The molecule has 104 valence electrons. The summed E-state index contributed by atoms with van der Waals surface area (Å²) in [6.45, 7) is 7.98. The number of alkyl halides is 1. The molecule has 1 fully saturated rings. The van der Waals surface area contributed by atoms with Crippen LogP contribution in [-0.2, 0) is 10.1 Å². The molecule has 2 heterocycles. The fourth-order valence-corrected chi connectivity index (χ4v) is 2.40. The summed E-state index contributed by atoms with van der Waals surface area (Å²) in [6.07, 6.45) is 1.47. The highest BCUT2D eigenvalue weighted by Gasteiger charge is 2.36. The Morgan fingerprint density at radius 3 is 3.05 bits per heavy atom. The summed E-state index contributed by atoms with van der Waals surface area (Å²) in [6, 6.07) is 1.81. The third-order valence-corrected chi connectivity index (χ3v) is 3.45. The molecule has 1 saturated heterocycles. The molecule has 1 aromatic rings. The van der Waals surface area contributed by atoms with E-state index in [-0.39, 0.29) is 12.1 Å². The van der Waals surface area contributed by atoms with Crippen LogP contribution >= 0.6 is 15.9 Å². The highest BCUT2D eigenvalue weighted by molar-refractivity contribution is 9.08. The van der Waals surface area contributed by atoms with Gasteiger partial charge in [-0.2, -0.15) is 0 Å². The second kappa shape index (κ2) is 5.45. The average Bonchev–Trinajstić information content (AvgIpc) is 2.95. The topological polar surface area (TPSA) is 55.6 Å². The predicted molar refractivity (Wildman–Crippen MR) is 73.7 cm³/mol. The van der Waals surface area contributed by atoms with Gasteiger partial charge in [0, 0.05) is 26.5 Å². The van der Waals surface area contributed by atoms with E-state index in [4.69, 9.17) is 9.26 Å². The van der Waals surface area contributed by atoms with Gasteiger partial charge < -0.3 is 9.26 Å². The van der Waals surface area contributed by atoms with Crippen molar-refractivity contribution in [1.82, 2.24) is 10.1 Å². The van der Waals surface area contributed by atoms with Gasteiger partial charge in [0.05, 0.1) is 11.4 Å². The lowest BCUT2D eigenvalue weighted by molar-refractivity contribution is 0.0361. The van der Waals surface area contributed by atoms with Crippen LogP contribution in [-0.4, -0.2) is 28.3 Å². The van der Waals surface area contributed by atoms with Crippen LogP contribution < -0.4 is 0 Å². The van der Waals surface area contributed by atoms with Gasteiger partial charge in [0.2, 0.25) is 5.60 Å². The second-order valence-electron chi connectivity index (χ2n) is 5.33. The van der Waals surface area contributed by atoms with Gasteiger partial charge >= 0.3 is 6.09 Å². The van der Waals surface area contributed by atoms with Crippen molar-refractivity contribution in [2.75, 3.05) is 6.54 Å². The first kappa shape index (κ1) is 14.2. The Balaban J connectivity index is 2.10. The lowest BCUT2D eigenvalue weighted by Gasteiger charge is -2.24. The van der Waals surface area contributed by atoms with Crippen molar-refractivity contribution in [1.29, 1.82) is 0 Å². The summed E-state index contributed by atoms with van der Waals surface area (Å²) in [5.74, 6) is 0.757. The van der Waals surface area contributed by atoms with Gasteiger partial charge in [-0.25, -0.2) is 4.79 Å². The normalized spacial score (nSPS) is 19.7. The predicted octanol–water partition coefficient (Wildman–Crippen LogP) is 3.46. The molecule has 5 nitrogen and oxygen atoms in total. The van der Waals surface area contributed by atoms with Gasteiger partial charge in [-0.1, -0.05) is 21.1 Å². The third kappa shape index (κ3) is 3.43. The fourth-order valence-electron chi connectivity index (χ4n) is 2.14. The van der Waals surface area contributed by atoms with E-state index < -0.39 is 5.60 Å². The molecule has 6 heteroatoms. The first-order valence-corrected chi connectivity index (χ1v) is 7.39. The quantitative estimate of drug-likeness (QED) is 0.629. The minimum absolute atomic E-state index is 0.0635. The Labute approximate surface area is 121 Å². The van der Waals surface area contributed by atoms with Gasteiger partial charge in [-0.15, -0.1) is 0 Å². The molecule has 0 bridgehead atoms. The van der Waals surface area contributed by atoms with Crippen molar-refractivity contribution in [3.05, 3.63) is 24.4 Å². The van der Waals surface area contributed by atoms with Crippen LogP contribution in [0.3, 0.4) is 0 Å². The number of carbonyl (C=O) groups is 1. The molecule has 1 atom stereocenters. The standard InChI is InChI=1S/C13H18BrN2O3/c1-13(2,3)18-12(17)16-6-4-5-11(16)10-7-9(8-14)19-15-10/h7,11H,1,4-6,8H2,2-3H3/q+1. The molecule has 0 spiro atoms. The molecule has 2 rings (SSSR count). The lowest BCUT2D eigenvalue weighted by atomic mass is 10.1. The van der Waals surface area contributed by atoms with E-state index in [1.165, 1.54) is 0 Å². The van der Waals surface area contributed by atoms with Crippen LogP contribution in [0.2, 0.25) is 0 Å². The highest BCUT2D eigenvalue weighted by atomic mass is 79.9. The smallest absolute Gasteiger partial charge is 0.403 e. The molecule has 1 aliphatic rings. The van der Waals surface area contributed by atoms with Crippen LogP contribution in [0.15, 0.2) is 10.6 Å².